The number of rotatable bonds is 4. The number of amides is 1. The Kier molecular flexibility index (Phi) is 5.80. The Morgan fingerprint density at radius 2 is 1.86 bits per heavy atom. The van der Waals surface area contributed by atoms with E-state index >= 15 is 0 Å². The molecule has 1 unspecified atom stereocenters. The SMILES string of the molecule is CN1CCC(C/C=C(/c2ccc(C(C)(C)C)cc2)c2ccc(Cl)c(=O)[nH]2)C1=O. The number of halogens is 1. The molecule has 0 bridgehead atoms. The van der Waals surface area contributed by atoms with Crippen molar-refractivity contribution >= 4 is 23.1 Å². The topological polar surface area (TPSA) is 53.2 Å². The molecule has 1 aliphatic heterocycles. The van der Waals surface area contributed by atoms with Gasteiger partial charge in [0.25, 0.3) is 5.56 Å². The highest BCUT2D eigenvalue weighted by Gasteiger charge is 2.28. The normalized spacial score (nSPS) is 18.0. The summed E-state index contributed by atoms with van der Waals surface area (Å²) in [7, 11) is 1.84. The lowest BCUT2D eigenvalue weighted by molar-refractivity contribution is -0.129. The summed E-state index contributed by atoms with van der Waals surface area (Å²) in [5.74, 6) is 0.177. The first-order valence-electron chi connectivity index (χ1n) is 9.62. The first kappa shape index (κ1) is 20.4. The second kappa shape index (κ2) is 7.96. The first-order valence-corrected chi connectivity index (χ1v) is 10.00. The summed E-state index contributed by atoms with van der Waals surface area (Å²) < 4.78 is 0. The fraction of sp³-hybridized carbons (Fsp3) is 0.391. The molecule has 0 radical (unpaired) electrons. The van der Waals surface area contributed by atoms with E-state index in [1.807, 2.05) is 13.1 Å². The van der Waals surface area contributed by atoms with Crippen LogP contribution in [0.2, 0.25) is 5.02 Å². The molecule has 0 aliphatic carbocycles. The predicted octanol–water partition coefficient (Wildman–Crippen LogP) is 4.63. The van der Waals surface area contributed by atoms with Crippen molar-refractivity contribution in [1.82, 2.24) is 9.88 Å². The van der Waals surface area contributed by atoms with Crippen LogP contribution in [0.4, 0.5) is 0 Å². The molecule has 5 heteroatoms. The Bertz CT molecular complexity index is 952. The number of hydrogen-bond donors (Lipinski definition) is 1. The predicted molar refractivity (Wildman–Crippen MR) is 115 cm³/mol. The zero-order valence-electron chi connectivity index (χ0n) is 16.9. The average Bonchev–Trinajstić information content (AvgIpc) is 2.96. The van der Waals surface area contributed by atoms with Crippen LogP contribution in [0.3, 0.4) is 0 Å². The molecule has 1 N–H and O–H groups in total. The van der Waals surface area contributed by atoms with Crippen LogP contribution >= 0.6 is 11.6 Å². The maximum Gasteiger partial charge on any atom is 0.267 e. The summed E-state index contributed by atoms with van der Waals surface area (Å²) in [6.45, 7) is 7.33. The van der Waals surface area contributed by atoms with Crippen LogP contribution in [-0.4, -0.2) is 29.4 Å². The van der Waals surface area contributed by atoms with Gasteiger partial charge in [0.15, 0.2) is 0 Å². The highest BCUT2D eigenvalue weighted by atomic mass is 35.5. The Balaban J connectivity index is 1.99. The van der Waals surface area contributed by atoms with E-state index < -0.39 is 0 Å². The molecule has 1 atom stereocenters. The van der Waals surface area contributed by atoms with Gasteiger partial charge in [0.05, 0.1) is 0 Å². The fourth-order valence-corrected chi connectivity index (χ4v) is 3.63. The summed E-state index contributed by atoms with van der Waals surface area (Å²) in [5.41, 5.74) is 3.62. The van der Waals surface area contributed by atoms with Gasteiger partial charge in [-0.3, -0.25) is 9.59 Å². The van der Waals surface area contributed by atoms with Crippen LogP contribution in [0.25, 0.3) is 5.57 Å². The molecule has 4 nitrogen and oxygen atoms in total. The number of H-pyrrole nitrogens is 1. The van der Waals surface area contributed by atoms with Crippen molar-refractivity contribution < 1.29 is 4.79 Å². The number of carbonyl (C=O) groups is 1. The minimum atomic E-state index is -0.312. The van der Waals surface area contributed by atoms with Gasteiger partial charge in [0.2, 0.25) is 5.91 Å². The second-order valence-corrected chi connectivity index (χ2v) is 8.88. The Morgan fingerprint density at radius 1 is 1.18 bits per heavy atom. The van der Waals surface area contributed by atoms with Crippen LogP contribution in [0.5, 0.6) is 0 Å². The third-order valence-electron chi connectivity index (χ3n) is 5.36. The van der Waals surface area contributed by atoms with Crippen molar-refractivity contribution in [2.45, 2.75) is 39.0 Å². The number of benzene rings is 1. The molecular formula is C23H27ClN2O2. The van der Waals surface area contributed by atoms with E-state index in [9.17, 15) is 9.59 Å². The van der Waals surface area contributed by atoms with Crippen molar-refractivity contribution in [2.24, 2.45) is 5.92 Å². The number of aromatic amines is 1. The molecule has 2 heterocycles. The molecule has 1 aromatic carbocycles. The monoisotopic (exact) mass is 398 g/mol. The quantitative estimate of drug-likeness (QED) is 0.816. The highest BCUT2D eigenvalue weighted by Crippen LogP contribution is 2.29. The van der Waals surface area contributed by atoms with E-state index in [0.717, 1.165) is 24.1 Å². The molecule has 1 aliphatic rings. The summed E-state index contributed by atoms with van der Waals surface area (Å²) in [5, 5.41) is 0.166. The molecular weight excluding hydrogens is 372 g/mol. The van der Waals surface area contributed by atoms with Gasteiger partial charge in [0, 0.05) is 30.8 Å². The number of hydrogen-bond acceptors (Lipinski definition) is 2. The van der Waals surface area contributed by atoms with E-state index in [-0.39, 0.29) is 27.8 Å². The van der Waals surface area contributed by atoms with Gasteiger partial charge in [-0.25, -0.2) is 0 Å². The van der Waals surface area contributed by atoms with Crippen LogP contribution in [0.1, 0.15) is 50.4 Å². The van der Waals surface area contributed by atoms with Gasteiger partial charge >= 0.3 is 0 Å². The lowest BCUT2D eigenvalue weighted by Gasteiger charge is -2.19. The largest absolute Gasteiger partial charge is 0.345 e. The summed E-state index contributed by atoms with van der Waals surface area (Å²) in [6, 6.07) is 11.8. The molecule has 28 heavy (non-hydrogen) atoms. The molecule has 1 saturated heterocycles. The number of pyridine rings is 1. The summed E-state index contributed by atoms with van der Waals surface area (Å²) in [4.78, 5) is 28.9. The Labute approximate surface area is 171 Å². The van der Waals surface area contributed by atoms with E-state index in [2.05, 4.69) is 56.1 Å². The zero-order chi connectivity index (χ0) is 20.5. The lowest BCUT2D eigenvalue weighted by atomic mass is 9.86. The highest BCUT2D eigenvalue weighted by molar-refractivity contribution is 6.30. The molecule has 148 valence electrons. The third-order valence-corrected chi connectivity index (χ3v) is 5.66. The Morgan fingerprint density at radius 3 is 2.39 bits per heavy atom. The van der Waals surface area contributed by atoms with Crippen molar-refractivity contribution in [1.29, 1.82) is 0 Å². The van der Waals surface area contributed by atoms with Crippen molar-refractivity contribution in [2.75, 3.05) is 13.6 Å². The van der Waals surface area contributed by atoms with E-state index in [1.54, 1.807) is 11.0 Å². The van der Waals surface area contributed by atoms with Gasteiger partial charge in [0.1, 0.15) is 5.02 Å². The smallest absolute Gasteiger partial charge is 0.267 e. The van der Waals surface area contributed by atoms with E-state index in [4.69, 9.17) is 11.6 Å². The van der Waals surface area contributed by atoms with Gasteiger partial charge < -0.3 is 9.88 Å². The van der Waals surface area contributed by atoms with Gasteiger partial charge in [-0.15, -0.1) is 0 Å². The van der Waals surface area contributed by atoms with Crippen LogP contribution in [0, 0.1) is 5.92 Å². The first-order chi connectivity index (χ1) is 13.2. The lowest BCUT2D eigenvalue weighted by Crippen LogP contribution is -2.22. The minimum absolute atomic E-state index is 0.00660. The maximum absolute atomic E-state index is 12.3. The number of likely N-dealkylation sites (tertiary alicyclic amines) is 1. The molecule has 0 saturated carbocycles. The maximum atomic E-state index is 12.3. The molecule has 1 fully saturated rings. The van der Waals surface area contributed by atoms with Gasteiger partial charge in [-0.1, -0.05) is 62.7 Å². The van der Waals surface area contributed by atoms with Crippen molar-refractivity contribution in [3.8, 4) is 0 Å². The van der Waals surface area contributed by atoms with Crippen LogP contribution < -0.4 is 5.56 Å². The van der Waals surface area contributed by atoms with Crippen molar-refractivity contribution in [3.05, 3.63) is 74.7 Å². The van der Waals surface area contributed by atoms with Crippen LogP contribution in [0.15, 0.2) is 47.3 Å². The molecule has 3 rings (SSSR count). The number of nitrogens with one attached hydrogen (secondary N) is 1. The number of allylic oxidation sites excluding steroid dienone is 1. The van der Waals surface area contributed by atoms with E-state index in [0.29, 0.717) is 12.1 Å². The summed E-state index contributed by atoms with van der Waals surface area (Å²) in [6.07, 6.45) is 3.57. The van der Waals surface area contributed by atoms with Gasteiger partial charge in [-0.05, 0) is 41.5 Å². The average molecular weight is 399 g/mol. The van der Waals surface area contributed by atoms with E-state index in [1.165, 1.54) is 5.56 Å². The Hall–Kier alpha value is -2.33. The fourth-order valence-electron chi connectivity index (χ4n) is 3.52. The summed E-state index contributed by atoms with van der Waals surface area (Å²) >= 11 is 5.90. The van der Waals surface area contributed by atoms with Gasteiger partial charge in [-0.2, -0.15) is 0 Å². The number of carbonyl (C=O) groups excluding carboxylic acids is 1. The molecule has 1 aromatic heterocycles. The number of aromatic nitrogens is 1. The third kappa shape index (κ3) is 4.39. The molecule has 1 amide bonds. The number of nitrogens with zero attached hydrogens (tertiary/aromatic N) is 1. The van der Waals surface area contributed by atoms with Crippen LogP contribution in [-0.2, 0) is 10.2 Å². The molecule has 0 spiro atoms. The zero-order valence-corrected chi connectivity index (χ0v) is 17.6. The molecule has 2 aromatic rings. The second-order valence-electron chi connectivity index (χ2n) is 8.48. The standard InChI is InChI=1S/C23H27ClN2O2/c1-23(2,3)17-8-5-15(6-9-17)18(20-12-11-19(24)21(27)25-20)10-7-16-13-14-26(4)22(16)28/h5-6,8-12,16H,7,13-14H2,1-4H3,(H,25,27)/b18-10-. The van der Waals surface area contributed by atoms with Crippen molar-refractivity contribution in [3.63, 3.8) is 0 Å². The minimum Gasteiger partial charge on any atom is -0.345 e.